The van der Waals surface area contributed by atoms with Gasteiger partial charge in [-0.1, -0.05) is 30.3 Å². The molecule has 0 unspecified atom stereocenters. The van der Waals surface area contributed by atoms with Crippen molar-refractivity contribution in [1.82, 2.24) is 10.4 Å². The van der Waals surface area contributed by atoms with Crippen LogP contribution in [0.25, 0.3) is 22.2 Å². The predicted molar refractivity (Wildman–Crippen MR) is 118 cm³/mol. The largest absolute Gasteiger partial charge is 0.272 e. The monoisotopic (exact) mass is 408 g/mol. The highest BCUT2D eigenvalue weighted by molar-refractivity contribution is 6.08. The number of hydrogen-bond acceptors (Lipinski definition) is 4. The van der Waals surface area contributed by atoms with Crippen molar-refractivity contribution in [2.45, 2.75) is 6.92 Å². The number of nitrogens with zero attached hydrogens (tertiary/aromatic N) is 3. The summed E-state index contributed by atoms with van der Waals surface area (Å²) in [6.45, 7) is 1.77. The van der Waals surface area contributed by atoms with E-state index in [9.17, 15) is 9.18 Å². The molecule has 1 aromatic heterocycles. The Hall–Kier alpha value is -4.37. The van der Waals surface area contributed by atoms with E-state index in [0.717, 1.165) is 5.56 Å². The topological polar surface area (TPSA) is 78.1 Å². The molecule has 0 saturated carbocycles. The zero-order valence-electron chi connectivity index (χ0n) is 16.6. The van der Waals surface area contributed by atoms with Crippen LogP contribution in [-0.2, 0) is 0 Å². The summed E-state index contributed by atoms with van der Waals surface area (Å²) in [5.74, 6) is -0.718. The van der Waals surface area contributed by atoms with Crippen LogP contribution in [0.1, 0.15) is 28.4 Å². The lowest BCUT2D eigenvalue weighted by atomic mass is 10.0. The number of para-hydroxylation sites is 1. The van der Waals surface area contributed by atoms with Gasteiger partial charge < -0.3 is 0 Å². The minimum atomic E-state index is -0.380. The maximum atomic E-state index is 13.3. The average Bonchev–Trinajstić information content (AvgIpc) is 2.82. The van der Waals surface area contributed by atoms with Crippen LogP contribution in [0.15, 0.2) is 84.0 Å². The van der Waals surface area contributed by atoms with Gasteiger partial charge in [0.05, 0.1) is 34.1 Å². The third kappa shape index (κ3) is 4.31. The molecular formula is C25H17FN4O. The fourth-order valence-electron chi connectivity index (χ4n) is 3.18. The summed E-state index contributed by atoms with van der Waals surface area (Å²) < 4.78 is 13.3. The molecule has 0 spiro atoms. The van der Waals surface area contributed by atoms with Crippen LogP contribution in [0.5, 0.6) is 0 Å². The number of amides is 1. The van der Waals surface area contributed by atoms with Crippen LogP contribution in [0.4, 0.5) is 4.39 Å². The van der Waals surface area contributed by atoms with E-state index >= 15 is 0 Å². The van der Waals surface area contributed by atoms with Crippen LogP contribution in [0, 0.1) is 17.1 Å². The quantitative estimate of drug-likeness (QED) is 0.378. The summed E-state index contributed by atoms with van der Waals surface area (Å²) in [6.07, 6.45) is 0. The second kappa shape index (κ2) is 8.56. The van der Waals surface area contributed by atoms with Crippen molar-refractivity contribution in [2.24, 2.45) is 5.10 Å². The van der Waals surface area contributed by atoms with Crippen LogP contribution >= 0.6 is 0 Å². The lowest BCUT2D eigenvalue weighted by Gasteiger charge is -2.09. The van der Waals surface area contributed by atoms with Gasteiger partial charge in [0.25, 0.3) is 5.91 Å². The van der Waals surface area contributed by atoms with Gasteiger partial charge in [-0.3, -0.25) is 4.79 Å². The zero-order chi connectivity index (χ0) is 21.8. The molecule has 1 N–H and O–H groups in total. The summed E-state index contributed by atoms with van der Waals surface area (Å²) >= 11 is 0. The standard InChI is InChI=1S/C25H17FN4O/c1-16(18-8-6-17(15-27)7-9-18)29-30-25(31)22-14-24(19-10-12-20(26)13-11-19)28-23-5-3-2-4-21(22)23/h2-14H,1H3,(H,30,31). The smallest absolute Gasteiger partial charge is 0.267 e. The minimum Gasteiger partial charge on any atom is -0.267 e. The first-order chi connectivity index (χ1) is 15.0. The van der Waals surface area contributed by atoms with Crippen molar-refractivity contribution in [2.75, 3.05) is 0 Å². The first-order valence-corrected chi connectivity index (χ1v) is 9.56. The van der Waals surface area contributed by atoms with Gasteiger partial charge >= 0.3 is 0 Å². The van der Waals surface area contributed by atoms with Crippen molar-refractivity contribution in [3.63, 3.8) is 0 Å². The molecule has 0 fully saturated rings. The Labute approximate surface area is 178 Å². The molecule has 5 nitrogen and oxygen atoms in total. The fraction of sp³-hybridized carbons (Fsp3) is 0.0400. The molecule has 0 aliphatic rings. The summed E-state index contributed by atoms with van der Waals surface area (Å²) in [5, 5.41) is 13.8. The van der Waals surface area contributed by atoms with Gasteiger partial charge in [0.1, 0.15) is 5.82 Å². The SMILES string of the molecule is CC(=NNC(=O)c1cc(-c2ccc(F)cc2)nc2ccccc12)c1ccc(C#N)cc1. The molecule has 0 atom stereocenters. The van der Waals surface area contributed by atoms with Crippen molar-refractivity contribution in [1.29, 1.82) is 5.26 Å². The molecule has 1 heterocycles. The van der Waals surface area contributed by atoms with E-state index in [2.05, 4.69) is 21.6 Å². The number of hydrazone groups is 1. The van der Waals surface area contributed by atoms with Crippen molar-refractivity contribution < 1.29 is 9.18 Å². The number of rotatable bonds is 4. The van der Waals surface area contributed by atoms with Gasteiger partial charge in [-0.2, -0.15) is 10.4 Å². The number of halogens is 1. The number of fused-ring (bicyclic) bond motifs is 1. The summed E-state index contributed by atoms with van der Waals surface area (Å²) in [6, 6.07) is 24.0. The second-order valence-electron chi connectivity index (χ2n) is 6.91. The van der Waals surface area contributed by atoms with E-state index in [4.69, 9.17) is 5.26 Å². The molecular weight excluding hydrogens is 391 g/mol. The molecule has 0 aliphatic carbocycles. The number of nitriles is 1. The van der Waals surface area contributed by atoms with Gasteiger partial charge in [0.2, 0.25) is 0 Å². The van der Waals surface area contributed by atoms with Gasteiger partial charge in [-0.25, -0.2) is 14.8 Å². The first kappa shape index (κ1) is 19.9. The molecule has 6 heteroatoms. The van der Waals surface area contributed by atoms with Gasteiger partial charge in [0, 0.05) is 10.9 Å². The van der Waals surface area contributed by atoms with Crippen LogP contribution in [0.3, 0.4) is 0 Å². The van der Waals surface area contributed by atoms with E-state index < -0.39 is 0 Å². The molecule has 0 saturated heterocycles. The van der Waals surface area contributed by atoms with Gasteiger partial charge in [-0.05, 0) is 61.0 Å². The number of hydrogen-bond donors (Lipinski definition) is 1. The Bertz CT molecular complexity index is 1340. The van der Waals surface area contributed by atoms with Crippen molar-refractivity contribution in [3.8, 4) is 17.3 Å². The molecule has 0 bridgehead atoms. The molecule has 31 heavy (non-hydrogen) atoms. The third-order valence-corrected chi connectivity index (χ3v) is 4.86. The van der Waals surface area contributed by atoms with Gasteiger partial charge in [-0.15, -0.1) is 0 Å². The number of nitrogens with one attached hydrogen (secondary N) is 1. The van der Waals surface area contributed by atoms with Crippen LogP contribution in [-0.4, -0.2) is 16.6 Å². The minimum absolute atomic E-state index is 0.338. The van der Waals surface area contributed by atoms with Crippen molar-refractivity contribution in [3.05, 3.63) is 101 Å². The Morgan fingerprint density at radius 3 is 2.45 bits per heavy atom. The second-order valence-corrected chi connectivity index (χ2v) is 6.91. The summed E-state index contributed by atoms with van der Waals surface area (Å²) in [5.41, 5.74) is 6.90. The average molecular weight is 408 g/mol. The van der Waals surface area contributed by atoms with E-state index in [1.54, 1.807) is 49.4 Å². The number of pyridine rings is 1. The summed E-state index contributed by atoms with van der Waals surface area (Å²) in [7, 11) is 0. The lowest BCUT2D eigenvalue weighted by molar-refractivity contribution is 0.0956. The highest BCUT2D eigenvalue weighted by Gasteiger charge is 2.14. The Morgan fingerprint density at radius 2 is 1.74 bits per heavy atom. The molecule has 4 aromatic rings. The van der Waals surface area contributed by atoms with Crippen LogP contribution < -0.4 is 5.43 Å². The summed E-state index contributed by atoms with van der Waals surface area (Å²) in [4.78, 5) is 17.6. The number of carbonyl (C=O) groups is 1. The number of benzene rings is 3. The van der Waals surface area contributed by atoms with E-state index in [1.165, 1.54) is 12.1 Å². The fourth-order valence-corrected chi connectivity index (χ4v) is 3.18. The normalized spacial score (nSPS) is 11.2. The van der Waals surface area contributed by atoms with E-state index in [1.807, 2.05) is 24.3 Å². The van der Waals surface area contributed by atoms with Crippen molar-refractivity contribution >= 4 is 22.5 Å². The Morgan fingerprint density at radius 1 is 1.03 bits per heavy atom. The third-order valence-electron chi connectivity index (χ3n) is 4.86. The predicted octanol–water partition coefficient (Wildman–Crippen LogP) is 5.07. The lowest BCUT2D eigenvalue weighted by Crippen LogP contribution is -2.20. The Balaban J connectivity index is 1.68. The van der Waals surface area contributed by atoms with E-state index in [-0.39, 0.29) is 11.7 Å². The zero-order valence-corrected chi connectivity index (χ0v) is 16.6. The first-order valence-electron chi connectivity index (χ1n) is 9.56. The molecule has 150 valence electrons. The van der Waals surface area contributed by atoms with E-state index in [0.29, 0.717) is 39.0 Å². The van der Waals surface area contributed by atoms with Gasteiger partial charge in [0.15, 0.2) is 0 Å². The highest BCUT2D eigenvalue weighted by atomic mass is 19.1. The highest BCUT2D eigenvalue weighted by Crippen LogP contribution is 2.25. The maximum Gasteiger partial charge on any atom is 0.272 e. The maximum absolute atomic E-state index is 13.3. The number of aromatic nitrogens is 1. The number of carbonyl (C=O) groups excluding carboxylic acids is 1. The molecule has 0 aliphatic heterocycles. The molecule has 1 amide bonds. The molecule has 3 aromatic carbocycles. The molecule has 0 radical (unpaired) electrons. The molecule has 4 rings (SSSR count). The Kier molecular flexibility index (Phi) is 5.50. The van der Waals surface area contributed by atoms with Crippen LogP contribution in [0.2, 0.25) is 0 Å².